The minimum Gasteiger partial charge on any atom is -0.388 e. The molecule has 2 rings (SSSR count). The van der Waals surface area contributed by atoms with Gasteiger partial charge < -0.3 is 14.4 Å². The highest BCUT2D eigenvalue weighted by atomic mass is 16.5. The molecule has 1 saturated heterocycles. The van der Waals surface area contributed by atoms with Crippen LogP contribution in [0.2, 0.25) is 0 Å². The number of hydrogen-bond acceptors (Lipinski definition) is 4. The summed E-state index contributed by atoms with van der Waals surface area (Å²) >= 11 is 0. The van der Waals surface area contributed by atoms with Gasteiger partial charge in [-0.2, -0.15) is 0 Å². The fourth-order valence-corrected chi connectivity index (χ4v) is 2.39. The van der Waals surface area contributed by atoms with Crippen LogP contribution in [0.4, 0.5) is 0 Å². The van der Waals surface area contributed by atoms with Crippen LogP contribution in [0.5, 0.6) is 0 Å². The zero-order valence-electron chi connectivity index (χ0n) is 11.3. The lowest BCUT2D eigenvalue weighted by Crippen LogP contribution is -2.24. The molecule has 1 aliphatic heterocycles. The summed E-state index contributed by atoms with van der Waals surface area (Å²) in [5.74, 6) is 2.12. The number of aliphatic hydroxyl groups excluding tert-OH is 1. The third-order valence-electron chi connectivity index (χ3n) is 3.28. The van der Waals surface area contributed by atoms with Crippen molar-refractivity contribution in [2.45, 2.75) is 58.8 Å². The van der Waals surface area contributed by atoms with E-state index in [4.69, 9.17) is 4.74 Å². The van der Waals surface area contributed by atoms with Crippen LogP contribution in [0.25, 0.3) is 0 Å². The first-order valence-corrected chi connectivity index (χ1v) is 6.84. The van der Waals surface area contributed by atoms with E-state index in [-0.39, 0.29) is 12.7 Å². The molecule has 2 heterocycles. The van der Waals surface area contributed by atoms with Crippen molar-refractivity contribution in [3.8, 4) is 0 Å². The molecule has 1 unspecified atom stereocenters. The van der Waals surface area contributed by atoms with Crippen molar-refractivity contribution >= 4 is 0 Å². The van der Waals surface area contributed by atoms with Crippen LogP contribution in [0.3, 0.4) is 0 Å². The van der Waals surface area contributed by atoms with Crippen LogP contribution < -0.4 is 0 Å². The summed E-state index contributed by atoms with van der Waals surface area (Å²) in [5, 5.41) is 17.6. The molecule has 1 N–H and O–H groups in total. The van der Waals surface area contributed by atoms with Gasteiger partial charge in [-0.3, -0.25) is 0 Å². The fraction of sp³-hybridized carbons (Fsp3) is 0.846. The summed E-state index contributed by atoms with van der Waals surface area (Å²) in [6, 6.07) is 0. The Morgan fingerprint density at radius 1 is 1.33 bits per heavy atom. The van der Waals surface area contributed by atoms with E-state index in [1.54, 1.807) is 0 Å². The first kappa shape index (κ1) is 13.5. The van der Waals surface area contributed by atoms with Crippen molar-refractivity contribution in [3.05, 3.63) is 11.6 Å². The molecule has 0 aromatic carbocycles. The Morgan fingerprint density at radius 2 is 2.11 bits per heavy atom. The second-order valence-corrected chi connectivity index (χ2v) is 5.39. The van der Waals surface area contributed by atoms with E-state index in [1.807, 2.05) is 4.57 Å². The van der Waals surface area contributed by atoms with Crippen LogP contribution >= 0.6 is 0 Å². The minimum atomic E-state index is -0.0504. The molecule has 1 aliphatic rings. The van der Waals surface area contributed by atoms with Gasteiger partial charge in [-0.25, -0.2) is 0 Å². The lowest BCUT2D eigenvalue weighted by molar-refractivity contribution is 0.0150. The summed E-state index contributed by atoms with van der Waals surface area (Å²) in [6.45, 7) is 5.97. The van der Waals surface area contributed by atoms with Crippen LogP contribution in [-0.2, 0) is 24.3 Å². The Morgan fingerprint density at radius 3 is 2.72 bits per heavy atom. The van der Waals surface area contributed by atoms with E-state index in [0.29, 0.717) is 11.7 Å². The smallest absolute Gasteiger partial charge is 0.158 e. The SMILES string of the molecule is CC(C)Cn1c(CO)nnc1CC1CCCCO1. The normalized spacial score (nSPS) is 20.6. The molecule has 0 spiro atoms. The van der Waals surface area contributed by atoms with E-state index >= 15 is 0 Å². The third-order valence-corrected chi connectivity index (χ3v) is 3.28. The van der Waals surface area contributed by atoms with Gasteiger partial charge in [-0.1, -0.05) is 13.8 Å². The highest BCUT2D eigenvalue weighted by Gasteiger charge is 2.19. The Balaban J connectivity index is 2.08. The molecule has 5 heteroatoms. The molecular weight excluding hydrogens is 230 g/mol. The predicted molar refractivity (Wildman–Crippen MR) is 68.1 cm³/mol. The van der Waals surface area contributed by atoms with Crippen LogP contribution in [-0.4, -0.2) is 32.6 Å². The molecular formula is C13H23N3O2. The number of aromatic nitrogens is 3. The van der Waals surface area contributed by atoms with E-state index in [2.05, 4.69) is 24.0 Å². The zero-order chi connectivity index (χ0) is 13.0. The minimum absolute atomic E-state index is 0.0504. The quantitative estimate of drug-likeness (QED) is 0.864. The van der Waals surface area contributed by atoms with Crippen molar-refractivity contribution in [1.29, 1.82) is 0 Å². The summed E-state index contributed by atoms with van der Waals surface area (Å²) in [4.78, 5) is 0. The number of ether oxygens (including phenoxy) is 1. The number of aliphatic hydroxyl groups is 1. The Hall–Kier alpha value is -0.940. The van der Waals surface area contributed by atoms with E-state index < -0.39 is 0 Å². The van der Waals surface area contributed by atoms with Crippen LogP contribution in [0.15, 0.2) is 0 Å². The lowest BCUT2D eigenvalue weighted by atomic mass is 10.1. The Kier molecular flexibility index (Phi) is 4.72. The van der Waals surface area contributed by atoms with Crippen LogP contribution in [0, 0.1) is 5.92 Å². The van der Waals surface area contributed by atoms with Crippen LogP contribution in [0.1, 0.15) is 44.8 Å². The highest BCUT2D eigenvalue weighted by molar-refractivity contribution is 4.97. The van der Waals surface area contributed by atoms with E-state index in [1.165, 1.54) is 6.42 Å². The van der Waals surface area contributed by atoms with Crippen molar-refractivity contribution < 1.29 is 9.84 Å². The fourth-order valence-electron chi connectivity index (χ4n) is 2.39. The molecule has 1 aromatic rings. The average Bonchev–Trinajstić information content (AvgIpc) is 2.72. The van der Waals surface area contributed by atoms with Crippen molar-refractivity contribution in [2.75, 3.05) is 6.61 Å². The largest absolute Gasteiger partial charge is 0.388 e. The van der Waals surface area contributed by atoms with Gasteiger partial charge in [0.1, 0.15) is 12.4 Å². The average molecular weight is 253 g/mol. The molecule has 0 amide bonds. The maximum Gasteiger partial charge on any atom is 0.158 e. The topological polar surface area (TPSA) is 60.2 Å². The molecule has 5 nitrogen and oxygen atoms in total. The Bertz CT molecular complexity index is 370. The van der Waals surface area contributed by atoms with Gasteiger partial charge in [0.05, 0.1) is 6.10 Å². The van der Waals surface area contributed by atoms with Gasteiger partial charge in [-0.15, -0.1) is 10.2 Å². The first-order chi connectivity index (χ1) is 8.70. The molecule has 1 atom stereocenters. The van der Waals surface area contributed by atoms with E-state index in [0.717, 1.165) is 38.2 Å². The molecule has 0 radical (unpaired) electrons. The van der Waals surface area contributed by atoms with Crippen molar-refractivity contribution in [2.24, 2.45) is 5.92 Å². The van der Waals surface area contributed by atoms with Crippen molar-refractivity contribution in [3.63, 3.8) is 0 Å². The van der Waals surface area contributed by atoms with Gasteiger partial charge in [0, 0.05) is 19.6 Å². The van der Waals surface area contributed by atoms with Crippen molar-refractivity contribution in [1.82, 2.24) is 14.8 Å². The molecule has 0 aliphatic carbocycles. The maximum absolute atomic E-state index is 9.30. The van der Waals surface area contributed by atoms with Gasteiger partial charge in [0.15, 0.2) is 5.82 Å². The van der Waals surface area contributed by atoms with Gasteiger partial charge in [0.25, 0.3) is 0 Å². The van der Waals surface area contributed by atoms with Gasteiger partial charge >= 0.3 is 0 Å². The predicted octanol–water partition coefficient (Wildman–Crippen LogP) is 1.54. The number of rotatable bonds is 5. The lowest BCUT2D eigenvalue weighted by Gasteiger charge is -2.22. The standard InChI is InChI=1S/C13H23N3O2/c1-10(2)8-16-12(14-15-13(16)9-17)7-11-5-3-4-6-18-11/h10-11,17H,3-9H2,1-2H3. The summed E-state index contributed by atoms with van der Waals surface area (Å²) < 4.78 is 7.79. The second-order valence-electron chi connectivity index (χ2n) is 5.39. The summed E-state index contributed by atoms with van der Waals surface area (Å²) in [6.07, 6.45) is 4.57. The second kappa shape index (κ2) is 6.29. The first-order valence-electron chi connectivity index (χ1n) is 6.84. The monoisotopic (exact) mass is 253 g/mol. The number of nitrogens with zero attached hydrogens (tertiary/aromatic N) is 3. The summed E-state index contributed by atoms with van der Waals surface area (Å²) in [5.41, 5.74) is 0. The van der Waals surface area contributed by atoms with E-state index in [9.17, 15) is 5.11 Å². The third kappa shape index (κ3) is 3.29. The molecule has 18 heavy (non-hydrogen) atoms. The molecule has 0 saturated carbocycles. The number of hydrogen-bond donors (Lipinski definition) is 1. The highest BCUT2D eigenvalue weighted by Crippen LogP contribution is 2.17. The maximum atomic E-state index is 9.30. The Labute approximate surface area is 108 Å². The molecule has 1 aromatic heterocycles. The molecule has 0 bridgehead atoms. The van der Waals surface area contributed by atoms with Gasteiger partial charge in [0.2, 0.25) is 0 Å². The summed E-state index contributed by atoms with van der Waals surface area (Å²) in [7, 11) is 0. The zero-order valence-corrected chi connectivity index (χ0v) is 11.3. The molecule has 1 fully saturated rings. The van der Waals surface area contributed by atoms with Gasteiger partial charge in [-0.05, 0) is 25.2 Å². The molecule has 102 valence electrons.